The van der Waals surface area contributed by atoms with Gasteiger partial charge in [0.05, 0.1) is 48.8 Å². The number of carbonyl (C=O) groups is 2. The highest BCUT2D eigenvalue weighted by Crippen LogP contribution is 2.88. The highest BCUT2D eigenvalue weighted by Gasteiger charge is 2.83. The molecule has 0 aromatic carbocycles. The molecular weight excluding hydrogens is 772 g/mol. The molecule has 8 rings (SSSR count). The number of rotatable bonds is 9. The molecule has 3 aliphatic heterocycles. The van der Waals surface area contributed by atoms with E-state index in [0.29, 0.717) is 32.1 Å². The maximum Gasteiger partial charge on any atom is 0.303 e. The monoisotopic (exact) mass is 840 g/mol. The second kappa shape index (κ2) is 15.0. The van der Waals surface area contributed by atoms with E-state index in [-0.39, 0.29) is 52.1 Å². The Bertz CT molecular complexity index is 1600. The summed E-state index contributed by atoms with van der Waals surface area (Å²) < 4.78 is 43.0. The van der Waals surface area contributed by atoms with Gasteiger partial charge in [0, 0.05) is 19.8 Å². The zero-order valence-corrected chi connectivity index (χ0v) is 35.5. The van der Waals surface area contributed by atoms with Crippen molar-refractivity contribution in [1.82, 2.24) is 0 Å². The third-order valence-corrected chi connectivity index (χ3v) is 17.3. The fourth-order valence-electron chi connectivity index (χ4n) is 14.6. The topological polar surface area (TPSA) is 240 Å². The Balaban J connectivity index is 1.10. The minimum absolute atomic E-state index is 0.0695. The summed E-state index contributed by atoms with van der Waals surface area (Å²) in [5.74, 6) is -1.53. The Morgan fingerprint density at radius 2 is 1.47 bits per heavy atom. The summed E-state index contributed by atoms with van der Waals surface area (Å²) in [6, 6.07) is 0. The van der Waals surface area contributed by atoms with E-state index in [4.69, 9.17) is 33.2 Å². The van der Waals surface area contributed by atoms with E-state index in [9.17, 15) is 45.3 Å². The third-order valence-electron chi connectivity index (χ3n) is 17.3. The number of carbonyl (C=O) groups excluding carboxylic acids is 2. The molecule has 8 aliphatic rings. The van der Waals surface area contributed by atoms with Gasteiger partial charge in [-0.1, -0.05) is 13.8 Å². The predicted molar refractivity (Wildman–Crippen MR) is 204 cm³/mol. The lowest BCUT2D eigenvalue weighted by molar-refractivity contribution is -0.328. The maximum absolute atomic E-state index is 12.2. The quantitative estimate of drug-likeness (QED) is 0.128. The molecule has 2 spiro atoms. The van der Waals surface area contributed by atoms with Crippen LogP contribution < -0.4 is 0 Å². The van der Waals surface area contributed by atoms with Crippen molar-refractivity contribution in [3.63, 3.8) is 0 Å². The molecule has 3 saturated heterocycles. The molecular formula is C43H68O16. The first-order chi connectivity index (χ1) is 27.5. The largest absolute Gasteiger partial charge is 0.455 e. The van der Waals surface area contributed by atoms with Crippen molar-refractivity contribution < 1.29 is 78.5 Å². The van der Waals surface area contributed by atoms with Gasteiger partial charge in [-0.05, 0) is 118 Å². The fraction of sp³-hybridized carbons (Fsp3) is 0.953. The number of ether oxygens (including phenoxy) is 7. The predicted octanol–water partition coefficient (Wildman–Crippen LogP) is 1.23. The van der Waals surface area contributed by atoms with Crippen LogP contribution in [0.25, 0.3) is 0 Å². The highest BCUT2D eigenvalue weighted by molar-refractivity contribution is 5.67. The van der Waals surface area contributed by atoms with Crippen LogP contribution in [-0.2, 0) is 42.7 Å². The van der Waals surface area contributed by atoms with Crippen molar-refractivity contribution in [2.24, 2.45) is 39.4 Å². The van der Waals surface area contributed by atoms with Gasteiger partial charge < -0.3 is 68.9 Å². The van der Waals surface area contributed by atoms with Gasteiger partial charge in [0.15, 0.2) is 24.8 Å². The van der Waals surface area contributed by atoms with Gasteiger partial charge in [-0.3, -0.25) is 9.59 Å². The standard InChI is InChI=1S/C43H68O16/c1-20(45)54-33-25(48)18-53-37(34(33)55-21(2)46)56-22-8-11-42-19-43(42)13-12-39(5)35(41(7)10-9-29(59-41)38(3,4)52)24(47)16-40(39,6)28(43)15-26(23(42)14-22)57-36-32(51)31(50)30(49)27(17-44)58-36/h22-37,44,47-52H,8-19H2,1-7H3/t22?,23?,24?,25-,26?,27-,28+,29-,30-,31+,32-,33+,34-,35-,36-,37+,39-,40+,41-,42-,43-/m1/s1. The number of hydrogen-bond donors (Lipinski definition) is 7. The van der Waals surface area contributed by atoms with Gasteiger partial charge in [0.25, 0.3) is 0 Å². The summed E-state index contributed by atoms with van der Waals surface area (Å²) in [6.45, 7) is 11.9. The normalized spacial score (nSPS) is 54.3. The average molecular weight is 841 g/mol. The van der Waals surface area contributed by atoms with E-state index in [1.807, 2.05) is 0 Å². The fourth-order valence-corrected chi connectivity index (χ4v) is 14.6. The van der Waals surface area contributed by atoms with Crippen LogP contribution in [-0.4, -0.2) is 152 Å². The summed E-state index contributed by atoms with van der Waals surface area (Å²) in [5.41, 5.74) is -2.61. The lowest BCUT2D eigenvalue weighted by Crippen LogP contribution is -2.63. The first-order valence-corrected chi connectivity index (χ1v) is 21.9. The van der Waals surface area contributed by atoms with Crippen molar-refractivity contribution in [2.45, 2.75) is 204 Å². The van der Waals surface area contributed by atoms with Gasteiger partial charge in [-0.25, -0.2) is 0 Å². The zero-order chi connectivity index (χ0) is 42.8. The van der Waals surface area contributed by atoms with Crippen LogP contribution in [0.15, 0.2) is 0 Å². The van der Waals surface area contributed by atoms with Crippen molar-refractivity contribution in [1.29, 1.82) is 0 Å². The molecule has 4 unspecified atom stereocenters. The molecule has 21 atom stereocenters. The van der Waals surface area contributed by atoms with Gasteiger partial charge in [0.2, 0.25) is 0 Å². The number of aliphatic hydroxyl groups is 7. The number of aliphatic hydroxyl groups excluding tert-OH is 6. The Hall–Kier alpha value is -1.54. The molecule has 59 heavy (non-hydrogen) atoms. The zero-order valence-electron chi connectivity index (χ0n) is 35.5. The lowest BCUT2D eigenvalue weighted by Gasteiger charge is -2.63. The van der Waals surface area contributed by atoms with Crippen LogP contribution in [0.1, 0.15) is 113 Å². The van der Waals surface area contributed by atoms with Crippen LogP contribution in [0.3, 0.4) is 0 Å². The molecule has 3 heterocycles. The second-order valence-corrected chi connectivity index (χ2v) is 20.9. The Morgan fingerprint density at radius 1 is 0.780 bits per heavy atom. The Labute approximate surface area is 346 Å². The van der Waals surface area contributed by atoms with Gasteiger partial charge >= 0.3 is 11.9 Å². The molecule has 5 aliphatic carbocycles. The first-order valence-electron chi connectivity index (χ1n) is 21.9. The minimum Gasteiger partial charge on any atom is -0.455 e. The molecule has 16 nitrogen and oxygen atoms in total. The summed E-state index contributed by atoms with van der Waals surface area (Å²) >= 11 is 0. The van der Waals surface area contributed by atoms with Crippen LogP contribution in [0.2, 0.25) is 0 Å². The second-order valence-electron chi connectivity index (χ2n) is 20.9. The smallest absolute Gasteiger partial charge is 0.303 e. The SMILES string of the molecule is CC(=O)O[C@@H]1[C@@H](OC(C)=O)[C@H](OC2CC[C@]34C[C@@]35CC[C@]3(C)[C@H]([C@@]6(C)CC[C@H](C(C)(C)O)O6)C(O)C[C@@]3(C)[C@@H]5CC(O[C@@H]3O[C@H](CO)[C@@H](O)[C@H](O)[C@H]3O)C4C2)OC[C@H]1O. The summed E-state index contributed by atoms with van der Waals surface area (Å²) in [4.78, 5) is 24.2. The Kier molecular flexibility index (Phi) is 11.2. The van der Waals surface area contributed by atoms with E-state index in [0.717, 1.165) is 32.1 Å². The van der Waals surface area contributed by atoms with E-state index < -0.39 is 103 Å². The van der Waals surface area contributed by atoms with Crippen molar-refractivity contribution in [3.05, 3.63) is 0 Å². The van der Waals surface area contributed by atoms with Crippen LogP contribution >= 0.6 is 0 Å². The summed E-state index contributed by atoms with van der Waals surface area (Å²) in [7, 11) is 0. The van der Waals surface area contributed by atoms with E-state index in [1.165, 1.54) is 13.8 Å². The van der Waals surface area contributed by atoms with Crippen LogP contribution in [0, 0.1) is 39.4 Å². The van der Waals surface area contributed by atoms with E-state index in [2.05, 4.69) is 20.8 Å². The molecule has 0 aromatic rings. The van der Waals surface area contributed by atoms with Crippen LogP contribution in [0.5, 0.6) is 0 Å². The molecule has 0 bridgehead atoms. The van der Waals surface area contributed by atoms with Gasteiger partial charge in [-0.2, -0.15) is 0 Å². The molecule has 5 saturated carbocycles. The van der Waals surface area contributed by atoms with E-state index in [1.54, 1.807) is 13.8 Å². The molecule has 7 N–H and O–H groups in total. The summed E-state index contributed by atoms with van der Waals surface area (Å²) in [5, 5.41) is 76.5. The summed E-state index contributed by atoms with van der Waals surface area (Å²) in [6.07, 6.45) is -6.80. The van der Waals surface area contributed by atoms with Crippen molar-refractivity contribution in [2.75, 3.05) is 13.2 Å². The van der Waals surface area contributed by atoms with Crippen molar-refractivity contribution >= 4 is 11.9 Å². The molecule has 16 heteroatoms. The number of fused-ring (bicyclic) bond motifs is 2. The Morgan fingerprint density at radius 3 is 2.12 bits per heavy atom. The lowest BCUT2D eigenvalue weighted by atomic mass is 9.42. The molecule has 8 fully saturated rings. The molecule has 336 valence electrons. The number of hydrogen-bond acceptors (Lipinski definition) is 16. The van der Waals surface area contributed by atoms with Crippen molar-refractivity contribution in [3.8, 4) is 0 Å². The third kappa shape index (κ3) is 6.84. The average Bonchev–Trinajstić information content (AvgIpc) is 3.52. The van der Waals surface area contributed by atoms with Gasteiger partial charge in [-0.15, -0.1) is 0 Å². The molecule has 0 amide bonds. The highest BCUT2D eigenvalue weighted by atomic mass is 16.7. The molecule has 0 aromatic heterocycles. The molecule has 0 radical (unpaired) electrons. The minimum atomic E-state index is -1.62. The first kappa shape index (κ1) is 44.1. The van der Waals surface area contributed by atoms with Crippen LogP contribution in [0.4, 0.5) is 0 Å². The van der Waals surface area contributed by atoms with E-state index >= 15 is 0 Å². The maximum atomic E-state index is 12.2. The van der Waals surface area contributed by atoms with Gasteiger partial charge in [0.1, 0.15) is 30.5 Å². The number of esters is 2.